The minimum atomic E-state index is -5.32. The second-order valence-electron chi connectivity index (χ2n) is 4.02. The van der Waals surface area contributed by atoms with E-state index in [1.807, 2.05) is 0 Å². The maximum absolute atomic E-state index is 12.6. The van der Waals surface area contributed by atoms with Crippen LogP contribution in [0.1, 0.15) is 5.56 Å². The van der Waals surface area contributed by atoms with Crippen molar-refractivity contribution in [1.29, 1.82) is 0 Å². The fraction of sp³-hybridized carbons (Fsp3) is 0.273. The summed E-state index contributed by atoms with van der Waals surface area (Å²) in [5, 5.41) is 0.0924. The van der Waals surface area contributed by atoms with Crippen molar-refractivity contribution in [3.63, 3.8) is 0 Å². The third-order valence-corrected chi connectivity index (χ3v) is 4.27. The predicted molar refractivity (Wildman–Crippen MR) is 60.9 cm³/mol. The zero-order valence-electron chi connectivity index (χ0n) is 9.62. The van der Waals surface area contributed by atoms with Crippen molar-refractivity contribution >= 4 is 20.7 Å². The molecule has 2 aromatic rings. The Balaban J connectivity index is 2.88. The van der Waals surface area contributed by atoms with E-state index in [9.17, 15) is 21.6 Å². The summed E-state index contributed by atoms with van der Waals surface area (Å²) in [4.78, 5) is -0.698. The van der Waals surface area contributed by atoms with Crippen LogP contribution >= 0.6 is 0 Å². The Morgan fingerprint density at radius 2 is 1.83 bits per heavy atom. The number of rotatable bonds is 1. The van der Waals surface area contributed by atoms with Crippen LogP contribution in [0.3, 0.4) is 0 Å². The van der Waals surface area contributed by atoms with Gasteiger partial charge in [-0.25, -0.2) is 8.42 Å². The lowest BCUT2D eigenvalue weighted by molar-refractivity contribution is -0.0435. The van der Waals surface area contributed by atoms with Gasteiger partial charge in [0.25, 0.3) is 9.84 Å². The Morgan fingerprint density at radius 1 is 1.22 bits per heavy atom. The highest BCUT2D eigenvalue weighted by Crippen LogP contribution is 2.35. The summed E-state index contributed by atoms with van der Waals surface area (Å²) in [7, 11) is -3.80. The molecule has 2 rings (SSSR count). The smallest absolute Gasteiger partial charge is 0.349 e. The summed E-state index contributed by atoms with van der Waals surface area (Å²) in [6.45, 7) is 1.71. The molecule has 0 fully saturated rings. The molecule has 0 amide bonds. The number of benzene rings is 1. The molecule has 7 heteroatoms. The summed E-state index contributed by atoms with van der Waals surface area (Å²) < 4.78 is 62.0. The number of fused-ring (bicyclic) bond motifs is 1. The maximum Gasteiger partial charge on any atom is 0.501 e. The van der Waals surface area contributed by atoms with Crippen LogP contribution < -0.4 is 0 Å². The summed E-state index contributed by atoms with van der Waals surface area (Å²) in [6.07, 6.45) is 1.00. The molecule has 0 N–H and O–H groups in total. The SMILES string of the molecule is Cc1cccc2c(S(=O)(=O)C(F)(F)F)cn(C)c12. The average Bonchev–Trinajstić information content (AvgIpc) is 2.56. The van der Waals surface area contributed by atoms with Gasteiger partial charge >= 0.3 is 5.51 Å². The monoisotopic (exact) mass is 277 g/mol. The average molecular weight is 277 g/mol. The van der Waals surface area contributed by atoms with E-state index in [1.54, 1.807) is 13.0 Å². The summed E-state index contributed by atoms with van der Waals surface area (Å²) in [5.74, 6) is 0. The number of aryl methyl sites for hydroxylation is 2. The van der Waals surface area contributed by atoms with Gasteiger partial charge in [0.15, 0.2) is 0 Å². The van der Waals surface area contributed by atoms with Gasteiger partial charge < -0.3 is 4.57 Å². The molecule has 0 spiro atoms. The number of halogens is 3. The van der Waals surface area contributed by atoms with E-state index in [2.05, 4.69) is 0 Å². The van der Waals surface area contributed by atoms with Crippen LogP contribution in [0.2, 0.25) is 0 Å². The zero-order chi connectivity index (χ0) is 13.7. The van der Waals surface area contributed by atoms with Gasteiger partial charge in [0.2, 0.25) is 0 Å². The molecule has 1 aromatic carbocycles. The van der Waals surface area contributed by atoms with Crippen molar-refractivity contribution in [3.05, 3.63) is 30.0 Å². The number of para-hydroxylation sites is 1. The minimum absolute atomic E-state index is 0.0924. The topological polar surface area (TPSA) is 39.1 Å². The Morgan fingerprint density at radius 3 is 2.39 bits per heavy atom. The van der Waals surface area contributed by atoms with E-state index in [1.165, 1.54) is 23.7 Å². The molecule has 1 aromatic heterocycles. The summed E-state index contributed by atoms with van der Waals surface area (Å²) in [5.41, 5.74) is -4.08. The first kappa shape index (κ1) is 12.9. The first-order valence-electron chi connectivity index (χ1n) is 5.02. The van der Waals surface area contributed by atoms with E-state index < -0.39 is 20.2 Å². The molecule has 18 heavy (non-hydrogen) atoms. The van der Waals surface area contributed by atoms with Crippen molar-refractivity contribution < 1.29 is 21.6 Å². The maximum atomic E-state index is 12.6. The van der Waals surface area contributed by atoms with Crippen LogP contribution in [-0.4, -0.2) is 18.5 Å². The van der Waals surface area contributed by atoms with Gasteiger partial charge in [-0.1, -0.05) is 18.2 Å². The predicted octanol–water partition coefficient (Wildman–Crippen LogP) is 2.78. The number of hydrogen-bond acceptors (Lipinski definition) is 2. The zero-order valence-corrected chi connectivity index (χ0v) is 10.4. The standard InChI is InChI=1S/C11H10F3NO2S/c1-7-4-3-5-8-9(6-15(2)10(7)8)18(16,17)11(12,13)14/h3-6H,1-2H3. The Labute approximate surface area is 102 Å². The number of nitrogens with zero attached hydrogens (tertiary/aromatic N) is 1. The van der Waals surface area contributed by atoms with Gasteiger partial charge in [0.1, 0.15) is 4.90 Å². The third kappa shape index (κ3) is 1.69. The van der Waals surface area contributed by atoms with Gasteiger partial charge in [-0.3, -0.25) is 0 Å². The van der Waals surface area contributed by atoms with E-state index in [0.29, 0.717) is 5.52 Å². The summed E-state index contributed by atoms with van der Waals surface area (Å²) in [6, 6.07) is 4.63. The number of alkyl halides is 3. The Bertz CT molecular complexity index is 714. The second-order valence-corrected chi connectivity index (χ2v) is 5.93. The molecule has 0 unspecified atom stereocenters. The number of aromatic nitrogens is 1. The van der Waals surface area contributed by atoms with Crippen LogP contribution in [0.5, 0.6) is 0 Å². The molecule has 0 saturated carbocycles. The minimum Gasteiger partial charge on any atom is -0.349 e. The van der Waals surface area contributed by atoms with Crippen LogP contribution in [-0.2, 0) is 16.9 Å². The lowest BCUT2D eigenvalue weighted by atomic mass is 10.2. The van der Waals surface area contributed by atoms with Crippen molar-refractivity contribution in [2.45, 2.75) is 17.3 Å². The second kappa shape index (κ2) is 3.74. The molecule has 0 aliphatic carbocycles. The van der Waals surface area contributed by atoms with Crippen LogP contribution in [0.4, 0.5) is 13.2 Å². The van der Waals surface area contributed by atoms with Crippen molar-refractivity contribution in [2.24, 2.45) is 7.05 Å². The molecule has 0 radical (unpaired) electrons. The van der Waals surface area contributed by atoms with Gasteiger partial charge in [-0.15, -0.1) is 0 Å². The quantitative estimate of drug-likeness (QED) is 0.804. The van der Waals surface area contributed by atoms with E-state index in [4.69, 9.17) is 0 Å². The number of sulfone groups is 1. The fourth-order valence-corrected chi connectivity index (χ4v) is 2.98. The Hall–Kier alpha value is -1.50. The summed E-state index contributed by atoms with van der Waals surface area (Å²) >= 11 is 0. The normalized spacial score (nSPS) is 13.2. The van der Waals surface area contributed by atoms with E-state index in [0.717, 1.165) is 11.8 Å². The van der Waals surface area contributed by atoms with Crippen molar-refractivity contribution in [1.82, 2.24) is 4.57 Å². The van der Waals surface area contributed by atoms with Crippen molar-refractivity contribution in [3.8, 4) is 0 Å². The van der Waals surface area contributed by atoms with Gasteiger partial charge in [-0.2, -0.15) is 13.2 Å². The van der Waals surface area contributed by atoms with Crippen LogP contribution in [0.15, 0.2) is 29.3 Å². The van der Waals surface area contributed by atoms with Gasteiger partial charge in [-0.05, 0) is 12.5 Å². The molecule has 0 bridgehead atoms. The van der Waals surface area contributed by atoms with Gasteiger partial charge in [0, 0.05) is 18.6 Å². The largest absolute Gasteiger partial charge is 0.501 e. The van der Waals surface area contributed by atoms with Crippen molar-refractivity contribution in [2.75, 3.05) is 0 Å². The van der Waals surface area contributed by atoms with E-state index >= 15 is 0 Å². The highest BCUT2D eigenvalue weighted by Gasteiger charge is 2.48. The number of hydrogen-bond donors (Lipinski definition) is 0. The molecular weight excluding hydrogens is 267 g/mol. The van der Waals surface area contributed by atoms with Crippen LogP contribution in [0, 0.1) is 6.92 Å². The molecule has 0 aliphatic rings. The molecular formula is C11H10F3NO2S. The van der Waals surface area contributed by atoms with Crippen LogP contribution in [0.25, 0.3) is 10.9 Å². The molecule has 0 aliphatic heterocycles. The fourth-order valence-electron chi connectivity index (χ4n) is 1.97. The first-order chi connectivity index (χ1) is 8.16. The van der Waals surface area contributed by atoms with Gasteiger partial charge in [0.05, 0.1) is 5.52 Å². The highest BCUT2D eigenvalue weighted by atomic mass is 32.2. The lowest BCUT2D eigenvalue weighted by Crippen LogP contribution is -2.23. The molecule has 0 atom stereocenters. The molecule has 1 heterocycles. The first-order valence-corrected chi connectivity index (χ1v) is 6.50. The third-order valence-electron chi connectivity index (χ3n) is 2.76. The Kier molecular flexibility index (Phi) is 2.69. The molecule has 3 nitrogen and oxygen atoms in total. The van der Waals surface area contributed by atoms with E-state index in [-0.39, 0.29) is 5.39 Å². The molecule has 98 valence electrons. The highest BCUT2D eigenvalue weighted by molar-refractivity contribution is 7.92. The molecule has 0 saturated heterocycles. The lowest BCUT2D eigenvalue weighted by Gasteiger charge is -2.06.